The first-order valence-electron chi connectivity index (χ1n) is 4.72. The molecule has 0 aromatic rings. The Morgan fingerprint density at radius 2 is 2.20 bits per heavy atom. The highest BCUT2D eigenvalue weighted by molar-refractivity contribution is 6.32. The van der Waals surface area contributed by atoms with E-state index < -0.39 is 18.0 Å². The molecule has 0 saturated carbocycles. The fourth-order valence-electron chi connectivity index (χ4n) is 1.53. The molecule has 1 N–H and O–H groups in total. The normalized spacial score (nSPS) is 26.2. The van der Waals surface area contributed by atoms with Crippen LogP contribution in [-0.2, 0) is 19.1 Å². The molecule has 1 amide bonds. The number of amides is 1. The predicted octanol–water partition coefficient (Wildman–Crippen LogP) is -1.23. The number of methoxy groups -OCH3 is 1. The molecule has 1 fully saturated rings. The summed E-state index contributed by atoms with van der Waals surface area (Å²) in [5, 5.41) is 8.93. The van der Waals surface area contributed by atoms with Crippen LogP contribution in [0.15, 0.2) is 0 Å². The maximum absolute atomic E-state index is 11.5. The van der Waals surface area contributed by atoms with E-state index in [1.165, 1.54) is 4.90 Å². The van der Waals surface area contributed by atoms with Gasteiger partial charge in [-0.25, -0.2) is 4.79 Å². The number of morpholine rings is 1. The summed E-state index contributed by atoms with van der Waals surface area (Å²) in [5.41, 5.74) is 0. The number of hydrogen-bond donors (Lipinski definition) is 1. The molecule has 1 heterocycles. The summed E-state index contributed by atoms with van der Waals surface area (Å²) < 4.78 is 9.67. The third kappa shape index (κ3) is 2.90. The Morgan fingerprint density at radius 1 is 1.53 bits per heavy atom. The number of aliphatic hydroxyl groups excluding tert-OH is 1. The van der Waals surface area contributed by atoms with E-state index in [0.29, 0.717) is 6.54 Å². The van der Waals surface area contributed by atoms with Crippen LogP contribution in [0.5, 0.6) is 0 Å². The van der Waals surface area contributed by atoms with Crippen LogP contribution in [0.25, 0.3) is 0 Å². The first-order chi connectivity index (χ1) is 7.08. The number of esters is 1. The van der Waals surface area contributed by atoms with Gasteiger partial charge in [0.2, 0.25) is 0 Å². The number of carbonyl (C=O) groups is 2. The maximum atomic E-state index is 11.5. The monoisotopic (exact) mass is 217 g/mol. The highest BCUT2D eigenvalue weighted by atomic mass is 16.5. The van der Waals surface area contributed by atoms with Crippen molar-refractivity contribution in [3.8, 4) is 0 Å². The average molecular weight is 217 g/mol. The van der Waals surface area contributed by atoms with Gasteiger partial charge in [-0.2, -0.15) is 0 Å². The van der Waals surface area contributed by atoms with Crippen LogP contribution < -0.4 is 0 Å². The number of nitrogens with zero attached hydrogens (tertiary/aromatic N) is 1. The van der Waals surface area contributed by atoms with Gasteiger partial charge < -0.3 is 19.5 Å². The quantitative estimate of drug-likeness (QED) is 0.439. The number of aliphatic hydroxyl groups is 1. The lowest BCUT2D eigenvalue weighted by molar-refractivity contribution is -0.165. The minimum atomic E-state index is -0.888. The highest BCUT2D eigenvalue weighted by Crippen LogP contribution is 2.11. The molecule has 6 heteroatoms. The van der Waals surface area contributed by atoms with Crippen molar-refractivity contribution in [3.05, 3.63) is 0 Å². The Hall–Kier alpha value is -1.14. The molecule has 86 valence electrons. The summed E-state index contributed by atoms with van der Waals surface area (Å²) in [7, 11) is 1.16. The van der Waals surface area contributed by atoms with Crippen LogP contribution in [0.1, 0.15) is 6.92 Å². The molecule has 0 radical (unpaired) electrons. The Labute approximate surface area is 87.8 Å². The molecule has 1 aliphatic heterocycles. The molecule has 0 aromatic carbocycles. The summed E-state index contributed by atoms with van der Waals surface area (Å²) in [6, 6.07) is 0. The van der Waals surface area contributed by atoms with E-state index in [2.05, 4.69) is 4.74 Å². The molecule has 15 heavy (non-hydrogen) atoms. The van der Waals surface area contributed by atoms with Crippen LogP contribution in [0.3, 0.4) is 0 Å². The third-order valence-electron chi connectivity index (χ3n) is 2.18. The zero-order valence-corrected chi connectivity index (χ0v) is 8.80. The van der Waals surface area contributed by atoms with Crippen molar-refractivity contribution < 1.29 is 24.2 Å². The van der Waals surface area contributed by atoms with Crippen molar-refractivity contribution in [2.75, 3.05) is 26.8 Å². The fraction of sp³-hybridized carbons (Fsp3) is 0.778. The molecule has 0 aliphatic carbocycles. The summed E-state index contributed by atoms with van der Waals surface area (Å²) in [5.74, 6) is -1.58. The Bertz CT molecular complexity index is 255. The lowest BCUT2D eigenvalue weighted by Gasteiger charge is -2.35. The van der Waals surface area contributed by atoms with Gasteiger partial charge in [-0.05, 0) is 6.92 Å². The van der Waals surface area contributed by atoms with Gasteiger partial charge in [0.15, 0.2) is 0 Å². The number of carbonyl (C=O) groups excluding carboxylic acids is 2. The van der Waals surface area contributed by atoms with Crippen molar-refractivity contribution in [2.24, 2.45) is 0 Å². The topological polar surface area (TPSA) is 76.1 Å². The molecular formula is C9H15NO5. The molecule has 1 aliphatic rings. The van der Waals surface area contributed by atoms with E-state index in [9.17, 15) is 9.59 Å². The van der Waals surface area contributed by atoms with Gasteiger partial charge in [0.25, 0.3) is 0 Å². The van der Waals surface area contributed by atoms with Gasteiger partial charge in [-0.3, -0.25) is 4.79 Å². The minimum absolute atomic E-state index is 0.171. The molecule has 0 bridgehead atoms. The number of rotatable bonds is 1. The van der Waals surface area contributed by atoms with Crippen molar-refractivity contribution >= 4 is 11.9 Å². The maximum Gasteiger partial charge on any atom is 0.396 e. The Kier molecular flexibility index (Phi) is 4.05. The van der Waals surface area contributed by atoms with Crippen molar-refractivity contribution in [3.63, 3.8) is 0 Å². The first kappa shape index (κ1) is 11.9. The molecule has 1 saturated heterocycles. The predicted molar refractivity (Wildman–Crippen MR) is 50.0 cm³/mol. The summed E-state index contributed by atoms with van der Waals surface area (Å²) in [4.78, 5) is 23.8. The molecule has 6 nitrogen and oxygen atoms in total. The van der Waals surface area contributed by atoms with Crippen LogP contribution in [0, 0.1) is 0 Å². The van der Waals surface area contributed by atoms with E-state index in [1.54, 1.807) is 6.92 Å². The van der Waals surface area contributed by atoms with Crippen LogP contribution in [-0.4, -0.2) is 60.9 Å². The lowest BCUT2D eigenvalue weighted by atomic mass is 10.2. The second kappa shape index (κ2) is 5.09. The van der Waals surface area contributed by atoms with Gasteiger partial charge in [0.1, 0.15) is 0 Å². The third-order valence-corrected chi connectivity index (χ3v) is 2.18. The zero-order valence-electron chi connectivity index (χ0n) is 8.80. The first-order valence-corrected chi connectivity index (χ1v) is 4.72. The number of hydrogen-bond acceptors (Lipinski definition) is 5. The van der Waals surface area contributed by atoms with Crippen molar-refractivity contribution in [1.29, 1.82) is 0 Å². The van der Waals surface area contributed by atoms with Crippen LogP contribution in [0.2, 0.25) is 0 Å². The Morgan fingerprint density at radius 3 is 2.73 bits per heavy atom. The van der Waals surface area contributed by atoms with E-state index in [4.69, 9.17) is 9.84 Å². The summed E-state index contributed by atoms with van der Waals surface area (Å²) in [6.45, 7) is 2.16. The van der Waals surface area contributed by atoms with E-state index in [1.807, 2.05) is 0 Å². The van der Waals surface area contributed by atoms with Gasteiger partial charge in [0, 0.05) is 13.1 Å². The standard InChI is InChI=1S/C9H15NO5/c1-6-3-10(4-7(5-11)15-6)8(12)9(13)14-2/h6-7,11H,3-5H2,1-2H3. The van der Waals surface area contributed by atoms with E-state index >= 15 is 0 Å². The van der Waals surface area contributed by atoms with Crippen LogP contribution >= 0.6 is 0 Å². The second-order valence-electron chi connectivity index (χ2n) is 3.45. The molecule has 2 unspecified atom stereocenters. The summed E-state index contributed by atoms with van der Waals surface area (Å²) >= 11 is 0. The molecule has 1 rings (SSSR count). The molecule has 0 aromatic heterocycles. The Balaban J connectivity index is 2.61. The molecule has 0 spiro atoms. The largest absolute Gasteiger partial charge is 0.462 e. The number of ether oxygens (including phenoxy) is 2. The van der Waals surface area contributed by atoms with E-state index in [0.717, 1.165) is 7.11 Å². The highest BCUT2D eigenvalue weighted by Gasteiger charge is 2.31. The smallest absolute Gasteiger partial charge is 0.396 e. The minimum Gasteiger partial charge on any atom is -0.462 e. The van der Waals surface area contributed by atoms with Crippen molar-refractivity contribution in [2.45, 2.75) is 19.1 Å². The van der Waals surface area contributed by atoms with Gasteiger partial charge in [-0.1, -0.05) is 0 Å². The fourth-order valence-corrected chi connectivity index (χ4v) is 1.53. The second-order valence-corrected chi connectivity index (χ2v) is 3.45. The SMILES string of the molecule is COC(=O)C(=O)N1CC(C)OC(CO)C1. The average Bonchev–Trinajstić information content (AvgIpc) is 2.26. The lowest BCUT2D eigenvalue weighted by Crippen LogP contribution is -2.52. The van der Waals surface area contributed by atoms with Gasteiger partial charge in [-0.15, -0.1) is 0 Å². The zero-order chi connectivity index (χ0) is 11.4. The summed E-state index contributed by atoms with van der Waals surface area (Å²) in [6.07, 6.45) is -0.619. The van der Waals surface area contributed by atoms with Gasteiger partial charge in [0.05, 0.1) is 25.9 Å². The molecule has 2 atom stereocenters. The van der Waals surface area contributed by atoms with Gasteiger partial charge >= 0.3 is 11.9 Å². The van der Waals surface area contributed by atoms with Crippen molar-refractivity contribution in [1.82, 2.24) is 4.90 Å². The van der Waals surface area contributed by atoms with Crippen LogP contribution in [0.4, 0.5) is 0 Å². The molecular weight excluding hydrogens is 202 g/mol. The van der Waals surface area contributed by atoms with E-state index in [-0.39, 0.29) is 19.3 Å².